The number of carboxylic acids is 2. The monoisotopic (exact) mass is 432 g/mol. The van der Waals surface area contributed by atoms with E-state index in [1.54, 1.807) is 0 Å². The van der Waals surface area contributed by atoms with Crippen LogP contribution in [0.5, 0.6) is 0 Å². The molecule has 29 heavy (non-hydrogen) atoms. The Morgan fingerprint density at radius 1 is 0.690 bits per heavy atom. The van der Waals surface area contributed by atoms with Crippen molar-refractivity contribution in [2.24, 2.45) is 5.92 Å². The zero-order valence-corrected chi connectivity index (χ0v) is 23.1. The van der Waals surface area contributed by atoms with Gasteiger partial charge in [-0.05, 0) is 0 Å². The van der Waals surface area contributed by atoms with Crippen molar-refractivity contribution in [1.29, 1.82) is 0 Å². The fourth-order valence-electron chi connectivity index (χ4n) is 3.05. The summed E-state index contributed by atoms with van der Waals surface area (Å²) < 4.78 is 0. The Bertz CT molecular complexity index is 335. The quantitative estimate of drug-likeness (QED) is 0.149. The van der Waals surface area contributed by atoms with E-state index < -0.39 is 18.4 Å². The van der Waals surface area contributed by atoms with Crippen LogP contribution in [0.3, 0.4) is 0 Å². The van der Waals surface area contributed by atoms with Crippen molar-refractivity contribution in [3.05, 3.63) is 6.92 Å². The van der Waals surface area contributed by atoms with Gasteiger partial charge in [-0.15, -0.1) is 0 Å². The summed E-state index contributed by atoms with van der Waals surface area (Å²) in [5.41, 5.74) is 0. The molecular formula is C23H46KLiO4. The zero-order chi connectivity index (χ0) is 20.8. The van der Waals surface area contributed by atoms with Gasteiger partial charge in [0.1, 0.15) is 6.42 Å². The second kappa shape index (κ2) is 31.4. The fourth-order valence-corrected chi connectivity index (χ4v) is 3.05. The van der Waals surface area contributed by atoms with Crippen molar-refractivity contribution in [2.45, 2.75) is 123 Å². The minimum Gasteiger partial charge on any atom is -1.00 e. The van der Waals surface area contributed by atoms with Crippen molar-refractivity contribution >= 4 is 11.9 Å². The maximum absolute atomic E-state index is 9.43. The molecule has 2 N–H and O–H groups in total. The molecule has 0 heterocycles. The van der Waals surface area contributed by atoms with Crippen LogP contribution in [0.4, 0.5) is 0 Å². The number of unbranched alkanes of at least 4 members (excludes halogenated alkanes) is 12. The largest absolute Gasteiger partial charge is 1.00 e. The second-order valence-electron chi connectivity index (χ2n) is 7.65. The van der Waals surface area contributed by atoms with Crippen molar-refractivity contribution in [1.82, 2.24) is 0 Å². The molecule has 0 radical (unpaired) electrons. The van der Waals surface area contributed by atoms with Gasteiger partial charge in [-0.2, -0.15) is 5.92 Å². The van der Waals surface area contributed by atoms with E-state index in [0.717, 1.165) is 5.92 Å². The third kappa shape index (κ3) is 40.1. The molecule has 0 saturated carbocycles. The van der Waals surface area contributed by atoms with Gasteiger partial charge < -0.3 is 18.6 Å². The number of rotatable bonds is 18. The molecule has 0 aromatic heterocycles. The third-order valence-corrected chi connectivity index (χ3v) is 4.73. The molecule has 0 amide bonds. The Morgan fingerprint density at radius 2 is 0.966 bits per heavy atom. The summed E-state index contributed by atoms with van der Waals surface area (Å²) in [7, 11) is 0. The summed E-state index contributed by atoms with van der Waals surface area (Å²) >= 11 is 0. The SMILES string of the molecule is O=C(O)CC(=O)O.[CH2-]C(CCCCCC)CCCCCCCCCCCC.[H-].[K+].[Li+]. The van der Waals surface area contributed by atoms with Gasteiger partial charge in [0.15, 0.2) is 0 Å². The Hall–Kier alpha value is 1.17. The standard InChI is InChI=1S/C20H41.C3H4O4.K.Li.H/c1-4-6-8-10-11-12-13-14-15-17-19-20(3)18-16-9-7-5-2;4-2(5)1-3(6)7;;;/h20H,3-19H2,1-2H3;1H2,(H,4,5)(H,6,7);;;/q-1;;2*+1;-1. The van der Waals surface area contributed by atoms with Crippen LogP contribution >= 0.6 is 0 Å². The minimum atomic E-state index is -1.31. The molecule has 6 heteroatoms. The first-order valence-electron chi connectivity index (χ1n) is 11.2. The van der Waals surface area contributed by atoms with Gasteiger partial charge in [-0.25, -0.2) is 0 Å². The number of carbonyl (C=O) groups is 2. The Balaban J connectivity index is -0.000000180. The van der Waals surface area contributed by atoms with Crippen LogP contribution in [0.2, 0.25) is 0 Å². The van der Waals surface area contributed by atoms with Gasteiger partial charge in [0.25, 0.3) is 0 Å². The van der Waals surface area contributed by atoms with Gasteiger partial charge in [-0.1, -0.05) is 117 Å². The molecule has 0 spiro atoms. The van der Waals surface area contributed by atoms with Crippen molar-refractivity contribution in [3.63, 3.8) is 0 Å². The van der Waals surface area contributed by atoms with Crippen LogP contribution in [-0.4, -0.2) is 22.2 Å². The van der Waals surface area contributed by atoms with E-state index in [4.69, 9.17) is 10.2 Å². The molecule has 0 aliphatic carbocycles. The van der Waals surface area contributed by atoms with E-state index >= 15 is 0 Å². The van der Waals surface area contributed by atoms with Gasteiger partial charge >= 0.3 is 82.2 Å². The smallest absolute Gasteiger partial charge is 1.00 e. The van der Waals surface area contributed by atoms with Crippen LogP contribution in [0.15, 0.2) is 0 Å². The minimum absolute atomic E-state index is 0. The van der Waals surface area contributed by atoms with Crippen molar-refractivity contribution in [3.8, 4) is 0 Å². The molecule has 164 valence electrons. The number of aliphatic carboxylic acids is 2. The number of hydrogen-bond donors (Lipinski definition) is 2. The molecule has 0 saturated heterocycles. The van der Waals surface area contributed by atoms with Crippen LogP contribution in [0, 0.1) is 12.8 Å². The topological polar surface area (TPSA) is 74.6 Å². The Labute approximate surface area is 236 Å². The van der Waals surface area contributed by atoms with Crippen molar-refractivity contribution < 1.29 is 91.5 Å². The third-order valence-electron chi connectivity index (χ3n) is 4.73. The summed E-state index contributed by atoms with van der Waals surface area (Å²) in [6, 6.07) is 0. The molecule has 4 nitrogen and oxygen atoms in total. The zero-order valence-electron chi connectivity index (χ0n) is 21.0. The average molecular weight is 433 g/mol. The summed E-state index contributed by atoms with van der Waals surface area (Å²) in [5, 5.41) is 15.4. The van der Waals surface area contributed by atoms with E-state index in [9.17, 15) is 9.59 Å². The van der Waals surface area contributed by atoms with Crippen molar-refractivity contribution in [2.75, 3.05) is 0 Å². The average Bonchev–Trinajstić information content (AvgIpc) is 2.59. The van der Waals surface area contributed by atoms with Crippen LogP contribution in [-0.2, 0) is 9.59 Å². The molecule has 0 aliphatic rings. The molecule has 0 aromatic carbocycles. The Morgan fingerprint density at radius 3 is 1.24 bits per heavy atom. The number of hydrogen-bond acceptors (Lipinski definition) is 2. The second-order valence-corrected chi connectivity index (χ2v) is 7.65. The van der Waals surface area contributed by atoms with E-state index in [0.29, 0.717) is 0 Å². The molecule has 0 aromatic rings. The van der Waals surface area contributed by atoms with Gasteiger partial charge in [0.05, 0.1) is 0 Å². The predicted octanol–water partition coefficient (Wildman–Crippen LogP) is 1.38. The predicted molar refractivity (Wildman–Crippen MR) is 115 cm³/mol. The number of carboxylic acid groups (broad SMARTS) is 2. The van der Waals surface area contributed by atoms with E-state index in [-0.39, 0.29) is 71.7 Å². The van der Waals surface area contributed by atoms with Crippen LogP contribution in [0.25, 0.3) is 0 Å². The van der Waals surface area contributed by atoms with Crippen LogP contribution in [0.1, 0.15) is 124 Å². The summed E-state index contributed by atoms with van der Waals surface area (Å²) in [6.45, 7) is 8.89. The first-order valence-corrected chi connectivity index (χ1v) is 11.2. The van der Waals surface area contributed by atoms with Gasteiger partial charge in [-0.3, -0.25) is 9.59 Å². The maximum atomic E-state index is 9.43. The maximum Gasteiger partial charge on any atom is 1.00 e. The Kier molecular flexibility index (Phi) is 40.5. The van der Waals surface area contributed by atoms with Gasteiger partial charge in [0.2, 0.25) is 0 Å². The summed E-state index contributed by atoms with van der Waals surface area (Å²) in [5.74, 6) is -1.90. The van der Waals surface area contributed by atoms with Gasteiger partial charge in [0, 0.05) is 0 Å². The molecule has 0 aliphatic heterocycles. The normalized spacial score (nSPS) is 10.7. The molecule has 0 bridgehead atoms. The fraction of sp³-hybridized carbons (Fsp3) is 0.870. The van der Waals surface area contributed by atoms with Crippen LogP contribution < -0.4 is 70.2 Å². The molecule has 0 rings (SSSR count). The van der Waals surface area contributed by atoms with E-state index in [1.165, 1.54) is 103 Å². The molecule has 0 fully saturated rings. The van der Waals surface area contributed by atoms with E-state index in [1.807, 2.05) is 0 Å². The van der Waals surface area contributed by atoms with E-state index in [2.05, 4.69) is 20.8 Å². The first kappa shape index (κ1) is 37.5. The molecule has 1 atom stereocenters. The molecule has 1 unspecified atom stereocenters. The summed E-state index contributed by atoms with van der Waals surface area (Å²) in [4.78, 5) is 18.9. The molecular weight excluding hydrogens is 386 g/mol. The summed E-state index contributed by atoms with van der Waals surface area (Å²) in [6.07, 6.45) is 21.9. The first-order chi connectivity index (χ1) is 12.9.